The third-order valence-corrected chi connectivity index (χ3v) is 5.87. The number of carbonyl (C=O) groups is 2. The summed E-state index contributed by atoms with van der Waals surface area (Å²) in [6.45, 7) is 1.31. The molecule has 0 spiro atoms. The number of aliphatic imine (C=N–C) groups is 1. The Labute approximate surface area is 177 Å². The summed E-state index contributed by atoms with van der Waals surface area (Å²) in [5, 5.41) is 0. The largest absolute Gasteiger partial charge is 0.493 e. The van der Waals surface area contributed by atoms with Crippen LogP contribution < -0.4 is 9.47 Å². The molecule has 0 atom stereocenters. The molecule has 1 aliphatic heterocycles. The molecule has 2 aromatic carbocycles. The minimum absolute atomic E-state index is 0.168. The lowest BCUT2D eigenvalue weighted by Gasteiger charge is -2.08. The van der Waals surface area contributed by atoms with Gasteiger partial charge in [0.2, 0.25) is 5.90 Å². The Hall–Kier alpha value is -2.20. The van der Waals surface area contributed by atoms with Gasteiger partial charge in [0.25, 0.3) is 0 Å². The quantitative estimate of drug-likeness (QED) is 0.249. The topological polar surface area (TPSA) is 74.2 Å². The number of hydrogen-bond acceptors (Lipinski definition) is 6. The van der Waals surface area contributed by atoms with Crippen molar-refractivity contribution in [3.8, 4) is 11.5 Å². The molecule has 27 heavy (non-hydrogen) atoms. The maximum absolute atomic E-state index is 12.2. The molecule has 0 unspecified atom stereocenters. The van der Waals surface area contributed by atoms with E-state index in [1.54, 1.807) is 24.3 Å². The first-order chi connectivity index (χ1) is 12.9. The Bertz CT molecular complexity index is 1000. The first-order valence-corrected chi connectivity index (χ1v) is 9.59. The van der Waals surface area contributed by atoms with Gasteiger partial charge in [0, 0.05) is 20.5 Å². The highest BCUT2D eigenvalue weighted by Crippen LogP contribution is 2.30. The lowest BCUT2D eigenvalue weighted by Crippen LogP contribution is -2.05. The molecule has 0 radical (unpaired) electrons. The zero-order valence-electron chi connectivity index (χ0n) is 14.3. The Kier molecular flexibility index (Phi) is 5.95. The van der Waals surface area contributed by atoms with Crippen LogP contribution in [0.4, 0.5) is 0 Å². The van der Waals surface area contributed by atoms with Crippen LogP contribution in [0.3, 0.4) is 0 Å². The third kappa shape index (κ3) is 4.56. The van der Waals surface area contributed by atoms with E-state index in [1.807, 2.05) is 18.2 Å². The molecule has 0 amide bonds. The molecule has 8 heteroatoms. The molecule has 0 aromatic heterocycles. The lowest BCUT2D eigenvalue weighted by molar-refractivity contribution is -0.132. The average Bonchev–Trinajstić information content (AvgIpc) is 2.99. The fraction of sp³-hybridized carbons (Fsp3) is 0.105. The highest BCUT2D eigenvalue weighted by Gasteiger charge is 2.24. The minimum Gasteiger partial charge on any atom is -0.493 e. The number of halogens is 2. The van der Waals surface area contributed by atoms with E-state index in [1.165, 1.54) is 14.0 Å². The molecule has 6 nitrogen and oxygen atoms in total. The Morgan fingerprint density at radius 3 is 2.67 bits per heavy atom. The van der Waals surface area contributed by atoms with Gasteiger partial charge in [0.1, 0.15) is 0 Å². The molecule has 0 aliphatic carbocycles. The molecule has 0 bridgehead atoms. The van der Waals surface area contributed by atoms with E-state index in [0.29, 0.717) is 22.6 Å². The number of rotatable bonds is 4. The number of carbonyl (C=O) groups excluding carboxylic acids is 2. The van der Waals surface area contributed by atoms with E-state index in [9.17, 15) is 9.59 Å². The second-order valence-electron chi connectivity index (χ2n) is 5.47. The fourth-order valence-corrected chi connectivity index (χ4v) is 3.05. The van der Waals surface area contributed by atoms with E-state index >= 15 is 0 Å². The van der Waals surface area contributed by atoms with Crippen LogP contribution in [0, 0.1) is 3.57 Å². The first kappa shape index (κ1) is 19.6. The van der Waals surface area contributed by atoms with Gasteiger partial charge in [-0.25, -0.2) is 9.79 Å². The standard InChI is InChI=1S/C19H13BrINO5/c1-10(23)26-16-6-3-11(8-17(16)25-2)7-15-19(24)27-18(22-15)12-4-5-14(21)13(20)9-12/h3-9H,1-2H3/b15-7-. The number of cyclic esters (lactones) is 1. The van der Waals surface area contributed by atoms with Crippen LogP contribution in [-0.4, -0.2) is 24.9 Å². The van der Waals surface area contributed by atoms with E-state index in [-0.39, 0.29) is 11.6 Å². The second-order valence-corrected chi connectivity index (χ2v) is 7.49. The zero-order valence-corrected chi connectivity index (χ0v) is 18.0. The molecule has 1 aliphatic rings. The Morgan fingerprint density at radius 2 is 2.00 bits per heavy atom. The van der Waals surface area contributed by atoms with Crippen LogP contribution in [0.15, 0.2) is 51.6 Å². The molecule has 3 rings (SSSR count). The van der Waals surface area contributed by atoms with Crippen molar-refractivity contribution in [2.75, 3.05) is 7.11 Å². The third-order valence-electron chi connectivity index (χ3n) is 3.53. The van der Waals surface area contributed by atoms with Gasteiger partial charge in [-0.2, -0.15) is 0 Å². The van der Waals surface area contributed by atoms with Gasteiger partial charge < -0.3 is 14.2 Å². The predicted molar refractivity (Wildman–Crippen MR) is 112 cm³/mol. The van der Waals surface area contributed by atoms with Crippen LogP contribution in [0.5, 0.6) is 11.5 Å². The van der Waals surface area contributed by atoms with Crippen molar-refractivity contribution in [2.24, 2.45) is 4.99 Å². The summed E-state index contributed by atoms with van der Waals surface area (Å²) in [5.74, 6) is -0.0722. The summed E-state index contributed by atoms with van der Waals surface area (Å²) in [4.78, 5) is 27.6. The highest BCUT2D eigenvalue weighted by molar-refractivity contribution is 14.1. The monoisotopic (exact) mass is 541 g/mol. The summed E-state index contributed by atoms with van der Waals surface area (Å²) < 4.78 is 17.5. The van der Waals surface area contributed by atoms with Crippen molar-refractivity contribution < 1.29 is 23.8 Å². The van der Waals surface area contributed by atoms with Gasteiger partial charge in [-0.1, -0.05) is 6.07 Å². The van der Waals surface area contributed by atoms with Crippen molar-refractivity contribution in [3.63, 3.8) is 0 Å². The normalized spacial score (nSPS) is 14.7. The molecule has 1 heterocycles. The summed E-state index contributed by atoms with van der Waals surface area (Å²) in [6.07, 6.45) is 1.58. The molecule has 138 valence electrons. The van der Waals surface area contributed by atoms with Crippen LogP contribution in [0.1, 0.15) is 18.1 Å². The molecular weight excluding hydrogens is 529 g/mol. The van der Waals surface area contributed by atoms with Crippen LogP contribution in [-0.2, 0) is 14.3 Å². The van der Waals surface area contributed by atoms with Crippen molar-refractivity contribution in [3.05, 3.63) is 61.3 Å². The fourth-order valence-electron chi connectivity index (χ4n) is 2.33. The first-order valence-electron chi connectivity index (χ1n) is 7.72. The maximum atomic E-state index is 12.2. The van der Waals surface area contributed by atoms with Gasteiger partial charge in [-0.05, 0) is 80.5 Å². The molecular formula is C19H13BrINO5. The molecule has 0 fully saturated rings. The van der Waals surface area contributed by atoms with Crippen molar-refractivity contribution in [2.45, 2.75) is 6.92 Å². The van der Waals surface area contributed by atoms with Gasteiger partial charge in [-0.15, -0.1) is 0 Å². The zero-order chi connectivity index (χ0) is 19.6. The summed E-state index contributed by atoms with van der Waals surface area (Å²) >= 11 is 5.64. The second kappa shape index (κ2) is 8.22. The molecule has 0 N–H and O–H groups in total. The van der Waals surface area contributed by atoms with Crippen molar-refractivity contribution in [1.29, 1.82) is 0 Å². The lowest BCUT2D eigenvalue weighted by atomic mass is 10.1. The average molecular weight is 542 g/mol. The molecule has 0 saturated heterocycles. The Balaban J connectivity index is 1.92. The summed E-state index contributed by atoms with van der Waals surface area (Å²) in [7, 11) is 1.47. The highest BCUT2D eigenvalue weighted by atomic mass is 127. The Morgan fingerprint density at radius 1 is 1.22 bits per heavy atom. The maximum Gasteiger partial charge on any atom is 0.363 e. The van der Waals surface area contributed by atoms with Gasteiger partial charge >= 0.3 is 11.9 Å². The van der Waals surface area contributed by atoms with E-state index in [0.717, 1.165) is 8.04 Å². The van der Waals surface area contributed by atoms with Crippen molar-refractivity contribution in [1.82, 2.24) is 0 Å². The summed E-state index contributed by atoms with van der Waals surface area (Å²) in [6, 6.07) is 10.5. The SMILES string of the molecule is COc1cc(/C=C2\N=C(c3ccc(I)c(Br)c3)OC2=O)ccc1OC(C)=O. The van der Waals surface area contributed by atoms with Crippen molar-refractivity contribution >= 4 is 62.4 Å². The minimum atomic E-state index is -0.539. The van der Waals surface area contributed by atoms with Gasteiger partial charge in [0.05, 0.1) is 7.11 Å². The smallest absolute Gasteiger partial charge is 0.363 e. The van der Waals surface area contributed by atoms with E-state index < -0.39 is 11.9 Å². The van der Waals surface area contributed by atoms with E-state index in [4.69, 9.17) is 14.2 Å². The predicted octanol–water partition coefficient (Wildman–Crippen LogP) is 4.33. The van der Waals surface area contributed by atoms with Gasteiger partial charge in [0.15, 0.2) is 17.2 Å². The molecule has 2 aromatic rings. The number of ether oxygens (including phenoxy) is 3. The number of hydrogen-bond donors (Lipinski definition) is 0. The molecule has 0 saturated carbocycles. The van der Waals surface area contributed by atoms with Crippen LogP contribution in [0.25, 0.3) is 6.08 Å². The van der Waals surface area contributed by atoms with Crippen LogP contribution in [0.2, 0.25) is 0 Å². The van der Waals surface area contributed by atoms with Crippen LogP contribution >= 0.6 is 38.5 Å². The van der Waals surface area contributed by atoms with Gasteiger partial charge in [-0.3, -0.25) is 4.79 Å². The van der Waals surface area contributed by atoms with E-state index in [2.05, 4.69) is 43.5 Å². The number of nitrogens with zero attached hydrogens (tertiary/aromatic N) is 1. The number of esters is 2. The number of benzene rings is 2. The number of methoxy groups -OCH3 is 1. The summed E-state index contributed by atoms with van der Waals surface area (Å²) in [5.41, 5.74) is 1.52.